The van der Waals surface area contributed by atoms with Gasteiger partial charge in [-0.2, -0.15) is 0 Å². The van der Waals surface area contributed by atoms with E-state index < -0.39 is 29.4 Å². The van der Waals surface area contributed by atoms with E-state index in [0.717, 1.165) is 80.6 Å². The van der Waals surface area contributed by atoms with Crippen LogP contribution >= 0.6 is 0 Å². The molecule has 5 amide bonds. The van der Waals surface area contributed by atoms with Crippen molar-refractivity contribution < 1.29 is 28.7 Å². The lowest BCUT2D eigenvalue weighted by molar-refractivity contribution is -0.149. The van der Waals surface area contributed by atoms with Crippen molar-refractivity contribution in [3.05, 3.63) is 29.3 Å². The van der Waals surface area contributed by atoms with E-state index in [4.69, 9.17) is 4.74 Å². The van der Waals surface area contributed by atoms with Crippen LogP contribution < -0.4 is 4.90 Å². The van der Waals surface area contributed by atoms with Crippen molar-refractivity contribution in [1.82, 2.24) is 19.6 Å². The number of fused-ring (bicyclic) bond motifs is 1. The predicted octanol–water partition coefficient (Wildman–Crippen LogP) is 2.59. The van der Waals surface area contributed by atoms with Crippen LogP contribution in [0, 0.1) is 5.92 Å². The molecule has 0 radical (unpaired) electrons. The number of carbonyl (C=O) groups excluding carboxylic acids is 5. The lowest BCUT2D eigenvalue weighted by Crippen LogP contribution is -2.54. The maximum atomic E-state index is 13.3. The molecule has 0 aromatic heterocycles. The summed E-state index contributed by atoms with van der Waals surface area (Å²) < 4.78 is 5.50. The molecule has 1 aromatic carbocycles. The van der Waals surface area contributed by atoms with Crippen molar-refractivity contribution in [2.75, 3.05) is 57.8 Å². The third kappa shape index (κ3) is 6.10. The van der Waals surface area contributed by atoms with Crippen molar-refractivity contribution in [2.45, 2.75) is 64.5 Å². The van der Waals surface area contributed by atoms with Gasteiger partial charge in [0.25, 0.3) is 17.7 Å². The van der Waals surface area contributed by atoms with Crippen LogP contribution in [0.25, 0.3) is 0 Å². The Bertz CT molecular complexity index is 1230. The van der Waals surface area contributed by atoms with E-state index >= 15 is 0 Å². The van der Waals surface area contributed by atoms with Gasteiger partial charge in [-0.25, -0.2) is 4.79 Å². The number of benzene rings is 1. The Kier molecular flexibility index (Phi) is 8.09. The summed E-state index contributed by atoms with van der Waals surface area (Å²) in [5.41, 5.74) is 1.05. The highest BCUT2D eigenvalue weighted by molar-refractivity contribution is 6.23. The molecule has 11 heteroatoms. The van der Waals surface area contributed by atoms with Gasteiger partial charge in [0.15, 0.2) is 0 Å². The first-order valence-corrected chi connectivity index (χ1v) is 14.7. The summed E-state index contributed by atoms with van der Waals surface area (Å²) in [5, 5.41) is 0. The quantitative estimate of drug-likeness (QED) is 0.500. The van der Waals surface area contributed by atoms with Crippen LogP contribution in [0.3, 0.4) is 0 Å². The summed E-state index contributed by atoms with van der Waals surface area (Å²) in [4.78, 5) is 71.8. The second kappa shape index (κ2) is 11.4. The van der Waals surface area contributed by atoms with Gasteiger partial charge in [0.1, 0.15) is 11.6 Å². The number of ether oxygens (including phenoxy) is 1. The molecule has 5 rings (SSSR count). The lowest BCUT2D eigenvalue weighted by Gasteiger charge is -2.38. The number of hydrogen-bond acceptors (Lipinski definition) is 8. The summed E-state index contributed by atoms with van der Waals surface area (Å²) in [6, 6.07) is 4.39. The average molecular weight is 568 g/mol. The fraction of sp³-hybridized carbons (Fsp3) is 0.633. The number of anilines is 1. The number of hydrogen-bond donors (Lipinski definition) is 0. The Labute approximate surface area is 241 Å². The number of rotatable bonds is 5. The molecule has 1 atom stereocenters. The molecule has 0 spiro atoms. The maximum absolute atomic E-state index is 13.3. The van der Waals surface area contributed by atoms with Crippen LogP contribution in [-0.4, -0.2) is 114 Å². The molecule has 11 nitrogen and oxygen atoms in total. The zero-order valence-electron chi connectivity index (χ0n) is 24.6. The second-order valence-electron chi connectivity index (χ2n) is 12.6. The number of nitrogens with zero attached hydrogens (tertiary/aromatic N) is 5. The highest BCUT2D eigenvalue weighted by atomic mass is 16.6. The number of piperidine rings is 2. The minimum absolute atomic E-state index is 0.126. The van der Waals surface area contributed by atoms with E-state index in [1.165, 1.54) is 7.05 Å². The highest BCUT2D eigenvalue weighted by Crippen LogP contribution is 2.32. The number of carbonyl (C=O) groups is 5. The van der Waals surface area contributed by atoms with Crippen molar-refractivity contribution in [2.24, 2.45) is 5.92 Å². The lowest BCUT2D eigenvalue weighted by atomic mass is 9.93. The number of amides is 5. The standard InChI is InChI=1S/C30H41N5O6/c1-30(2,3)41-29(40)34-13-10-20(11-14-34)9-12-32-15-17-33(18-16-32)21-5-6-22-23(19-21)27(38)35(26(22)37)24-7-8-25(36)31(4)28(24)39/h5-6,19-20,24H,7-18H2,1-4H3. The minimum atomic E-state index is -0.943. The molecule has 0 N–H and O–H groups in total. The summed E-state index contributed by atoms with van der Waals surface area (Å²) in [5.74, 6) is -1.15. The van der Waals surface area contributed by atoms with Gasteiger partial charge in [-0.15, -0.1) is 0 Å². The van der Waals surface area contributed by atoms with Crippen LogP contribution in [0.5, 0.6) is 0 Å². The first kappa shape index (κ1) is 29.0. The number of likely N-dealkylation sites (N-methyl/N-ethyl adjacent to an activating group) is 1. The van der Waals surface area contributed by atoms with Crippen LogP contribution in [-0.2, 0) is 14.3 Å². The van der Waals surface area contributed by atoms with Crippen molar-refractivity contribution in [3.63, 3.8) is 0 Å². The average Bonchev–Trinajstić information content (AvgIpc) is 3.19. The molecule has 0 bridgehead atoms. The molecule has 1 aromatic rings. The number of imide groups is 2. The van der Waals surface area contributed by atoms with Gasteiger partial charge in [0.2, 0.25) is 5.91 Å². The van der Waals surface area contributed by atoms with Crippen molar-refractivity contribution >= 4 is 35.4 Å². The normalized spacial score (nSPS) is 23.0. The Hall–Kier alpha value is -3.47. The molecule has 1 unspecified atom stereocenters. The van der Waals surface area contributed by atoms with Gasteiger partial charge < -0.3 is 14.5 Å². The Balaban J connectivity index is 1.11. The summed E-state index contributed by atoms with van der Waals surface area (Å²) in [7, 11) is 1.39. The molecule has 3 fully saturated rings. The van der Waals surface area contributed by atoms with Crippen molar-refractivity contribution in [1.29, 1.82) is 0 Å². The Morgan fingerprint density at radius 1 is 0.902 bits per heavy atom. The Morgan fingerprint density at radius 3 is 2.22 bits per heavy atom. The zero-order chi connectivity index (χ0) is 29.5. The van der Waals surface area contributed by atoms with E-state index in [-0.39, 0.29) is 24.8 Å². The molecule has 0 saturated carbocycles. The molecule has 222 valence electrons. The summed E-state index contributed by atoms with van der Waals surface area (Å²) >= 11 is 0. The maximum Gasteiger partial charge on any atom is 0.410 e. The fourth-order valence-corrected chi connectivity index (χ4v) is 6.19. The molecule has 3 saturated heterocycles. The summed E-state index contributed by atoms with van der Waals surface area (Å²) in [6.45, 7) is 11.6. The first-order valence-electron chi connectivity index (χ1n) is 14.7. The molecular formula is C30H41N5O6. The minimum Gasteiger partial charge on any atom is -0.444 e. The van der Waals surface area contributed by atoms with E-state index in [1.54, 1.807) is 12.1 Å². The van der Waals surface area contributed by atoms with Gasteiger partial charge in [-0.1, -0.05) is 0 Å². The highest BCUT2D eigenvalue weighted by Gasteiger charge is 2.46. The van der Waals surface area contributed by atoms with Crippen LogP contribution in [0.4, 0.5) is 10.5 Å². The third-order valence-corrected chi connectivity index (χ3v) is 8.69. The first-order chi connectivity index (χ1) is 19.4. The summed E-state index contributed by atoms with van der Waals surface area (Å²) in [6.07, 6.45) is 3.17. The molecule has 4 aliphatic rings. The van der Waals surface area contributed by atoms with E-state index in [0.29, 0.717) is 17.0 Å². The molecule has 4 heterocycles. The van der Waals surface area contributed by atoms with E-state index in [2.05, 4.69) is 9.80 Å². The molecule has 41 heavy (non-hydrogen) atoms. The topological polar surface area (TPSA) is 111 Å². The van der Waals surface area contributed by atoms with E-state index in [1.807, 2.05) is 31.7 Å². The molecule has 4 aliphatic heterocycles. The fourth-order valence-electron chi connectivity index (χ4n) is 6.19. The SMILES string of the molecule is CN1C(=O)CCC(N2C(=O)c3ccc(N4CCN(CCC5CCN(C(=O)OC(C)(C)C)CC5)CC4)cc3C2=O)C1=O. The van der Waals surface area contributed by atoms with Gasteiger partial charge in [-0.3, -0.25) is 33.9 Å². The predicted molar refractivity (Wildman–Crippen MR) is 152 cm³/mol. The third-order valence-electron chi connectivity index (χ3n) is 8.69. The van der Waals surface area contributed by atoms with Gasteiger partial charge in [0, 0.05) is 58.4 Å². The zero-order valence-corrected chi connectivity index (χ0v) is 24.6. The van der Waals surface area contributed by atoms with Crippen LogP contribution in [0.15, 0.2) is 18.2 Å². The smallest absolute Gasteiger partial charge is 0.410 e. The van der Waals surface area contributed by atoms with Crippen molar-refractivity contribution in [3.8, 4) is 0 Å². The van der Waals surface area contributed by atoms with Gasteiger partial charge in [0.05, 0.1) is 11.1 Å². The van der Waals surface area contributed by atoms with Gasteiger partial charge in [-0.05, 0) is 77.1 Å². The number of piperazine rings is 1. The van der Waals surface area contributed by atoms with Crippen LogP contribution in [0.1, 0.15) is 73.6 Å². The monoisotopic (exact) mass is 567 g/mol. The second-order valence-corrected chi connectivity index (χ2v) is 12.6. The molecular weight excluding hydrogens is 526 g/mol. The van der Waals surface area contributed by atoms with E-state index in [9.17, 15) is 24.0 Å². The number of likely N-dealkylation sites (tertiary alicyclic amines) is 2. The largest absolute Gasteiger partial charge is 0.444 e. The Morgan fingerprint density at radius 2 is 1.56 bits per heavy atom. The van der Waals surface area contributed by atoms with Crippen LogP contribution in [0.2, 0.25) is 0 Å². The van der Waals surface area contributed by atoms with Gasteiger partial charge >= 0.3 is 6.09 Å². The molecule has 0 aliphatic carbocycles.